The molecule has 1 aliphatic rings. The van der Waals surface area contributed by atoms with Crippen molar-refractivity contribution in [2.24, 2.45) is 0 Å². The normalized spacial score (nSPS) is 20.2. The third-order valence-electron chi connectivity index (χ3n) is 3.91. The molecular weight excluding hydrogens is 351 g/mol. The van der Waals surface area contributed by atoms with Gasteiger partial charge in [-0.15, -0.1) is 6.58 Å². The van der Waals surface area contributed by atoms with Crippen molar-refractivity contribution in [3.05, 3.63) is 60.0 Å². The number of amides is 1. The molecule has 8 heteroatoms. The van der Waals surface area contributed by atoms with Crippen LogP contribution in [0, 0.1) is 17.5 Å². The van der Waals surface area contributed by atoms with E-state index in [4.69, 9.17) is 4.74 Å². The summed E-state index contributed by atoms with van der Waals surface area (Å²) in [4.78, 5) is 25.2. The Morgan fingerprint density at radius 3 is 2.54 bits per heavy atom. The Hall–Kier alpha value is -2.61. The average Bonchev–Trinajstić information content (AvgIpc) is 2.63. The number of hydrogen-bond donors (Lipinski definition) is 0. The fourth-order valence-electron chi connectivity index (χ4n) is 2.71. The highest BCUT2D eigenvalue weighted by atomic mass is 19.2. The number of carbonyl (C=O) groups is 2. The zero-order valence-electron chi connectivity index (χ0n) is 14.1. The van der Waals surface area contributed by atoms with E-state index in [1.807, 2.05) is 0 Å². The van der Waals surface area contributed by atoms with Crippen molar-refractivity contribution in [1.82, 2.24) is 4.90 Å². The van der Waals surface area contributed by atoms with E-state index < -0.39 is 35.5 Å². The van der Waals surface area contributed by atoms with Crippen molar-refractivity contribution in [3.63, 3.8) is 0 Å². The monoisotopic (exact) mass is 369 g/mol. The van der Waals surface area contributed by atoms with Crippen LogP contribution < -0.4 is 0 Å². The first-order chi connectivity index (χ1) is 12.4. The summed E-state index contributed by atoms with van der Waals surface area (Å²) in [5.41, 5.74) is 0.0509. The summed E-state index contributed by atoms with van der Waals surface area (Å²) in [7, 11) is 1.21. The largest absolute Gasteiger partial charge is 0.466 e. The number of esters is 1. The van der Waals surface area contributed by atoms with Crippen LogP contribution in [-0.2, 0) is 19.1 Å². The van der Waals surface area contributed by atoms with Crippen LogP contribution in [0.1, 0.15) is 18.0 Å². The third-order valence-corrected chi connectivity index (χ3v) is 3.91. The van der Waals surface area contributed by atoms with Crippen LogP contribution in [0.5, 0.6) is 0 Å². The van der Waals surface area contributed by atoms with Crippen molar-refractivity contribution < 1.29 is 32.2 Å². The molecule has 0 spiro atoms. The molecule has 0 bridgehead atoms. The van der Waals surface area contributed by atoms with Crippen molar-refractivity contribution in [2.45, 2.75) is 18.5 Å². The maximum Gasteiger partial charge on any atom is 0.330 e. The lowest BCUT2D eigenvalue weighted by Crippen LogP contribution is -2.49. The first-order valence-corrected chi connectivity index (χ1v) is 7.79. The molecule has 0 unspecified atom stereocenters. The molecule has 140 valence electrons. The van der Waals surface area contributed by atoms with E-state index in [1.54, 1.807) is 0 Å². The van der Waals surface area contributed by atoms with Crippen molar-refractivity contribution >= 4 is 11.9 Å². The topological polar surface area (TPSA) is 55.8 Å². The first-order valence-electron chi connectivity index (χ1n) is 7.79. The number of methoxy groups -OCH3 is 1. The van der Waals surface area contributed by atoms with Gasteiger partial charge < -0.3 is 14.4 Å². The van der Waals surface area contributed by atoms with E-state index >= 15 is 0 Å². The molecule has 26 heavy (non-hydrogen) atoms. The molecule has 1 aromatic carbocycles. The third kappa shape index (κ3) is 4.32. The maximum absolute atomic E-state index is 13.6. The summed E-state index contributed by atoms with van der Waals surface area (Å²) in [5.74, 6) is -5.30. The van der Waals surface area contributed by atoms with Crippen LogP contribution in [0.15, 0.2) is 36.9 Å². The Labute approximate surface area is 148 Å². The molecule has 0 N–H and O–H groups in total. The predicted molar refractivity (Wildman–Crippen MR) is 86.5 cm³/mol. The van der Waals surface area contributed by atoms with Gasteiger partial charge in [-0.05, 0) is 17.7 Å². The van der Waals surface area contributed by atoms with Crippen LogP contribution in [0.2, 0.25) is 0 Å². The predicted octanol–water partition coefficient (Wildman–Crippen LogP) is 2.68. The van der Waals surface area contributed by atoms with E-state index in [1.165, 1.54) is 24.2 Å². The van der Waals surface area contributed by atoms with Gasteiger partial charge in [0.2, 0.25) is 5.91 Å². The molecule has 1 fully saturated rings. The van der Waals surface area contributed by atoms with Gasteiger partial charge in [0.1, 0.15) is 0 Å². The highest BCUT2D eigenvalue weighted by molar-refractivity contribution is 5.82. The fourth-order valence-corrected chi connectivity index (χ4v) is 2.71. The van der Waals surface area contributed by atoms with Gasteiger partial charge in [-0.2, -0.15) is 0 Å². The van der Waals surface area contributed by atoms with Gasteiger partial charge in [0.25, 0.3) is 0 Å². The minimum absolute atomic E-state index is 0.0226. The van der Waals surface area contributed by atoms with E-state index in [9.17, 15) is 22.8 Å². The van der Waals surface area contributed by atoms with E-state index in [0.29, 0.717) is 0 Å². The zero-order chi connectivity index (χ0) is 19.3. The quantitative estimate of drug-likeness (QED) is 0.347. The van der Waals surface area contributed by atoms with Crippen LogP contribution in [0.25, 0.3) is 0 Å². The highest BCUT2D eigenvalue weighted by Gasteiger charge is 2.35. The summed E-state index contributed by atoms with van der Waals surface area (Å²) in [6.45, 7) is 3.56. The standard InChI is InChI=1S/C18H18F3NO4/c1-3-4-16(23)22-12(5-6-17(24)25-2)9-26-10-15(22)11-7-13(19)18(21)14(20)8-11/h3,5-8,12,15H,1,4,9-10H2,2H3/b6-5+/t12-,15-/m0/s1. The number of nitrogens with zero attached hydrogens (tertiary/aromatic N) is 1. The van der Waals surface area contributed by atoms with Crippen LogP contribution in [0.4, 0.5) is 13.2 Å². The Bertz CT molecular complexity index is 712. The molecule has 0 saturated carbocycles. The zero-order valence-corrected chi connectivity index (χ0v) is 14.1. The minimum atomic E-state index is -1.59. The van der Waals surface area contributed by atoms with Crippen LogP contribution >= 0.6 is 0 Å². The van der Waals surface area contributed by atoms with Gasteiger partial charge >= 0.3 is 5.97 Å². The van der Waals surface area contributed by atoms with Crippen molar-refractivity contribution in [2.75, 3.05) is 20.3 Å². The number of hydrogen-bond acceptors (Lipinski definition) is 4. The second-order valence-corrected chi connectivity index (χ2v) is 5.60. The molecular formula is C18H18F3NO4. The van der Waals surface area contributed by atoms with Gasteiger partial charge in [0.05, 0.1) is 32.4 Å². The molecule has 1 amide bonds. The second-order valence-electron chi connectivity index (χ2n) is 5.60. The Kier molecular flexibility index (Phi) is 6.57. The van der Waals surface area contributed by atoms with Crippen molar-refractivity contribution in [3.8, 4) is 0 Å². The van der Waals surface area contributed by atoms with E-state index in [-0.39, 0.29) is 31.1 Å². The molecule has 1 aliphatic heterocycles. The van der Waals surface area contributed by atoms with Crippen molar-refractivity contribution in [1.29, 1.82) is 0 Å². The summed E-state index contributed by atoms with van der Waals surface area (Å²) < 4.78 is 50.4. The summed E-state index contributed by atoms with van der Waals surface area (Å²) in [6, 6.07) is 0.129. The first kappa shape index (κ1) is 19.7. The van der Waals surface area contributed by atoms with E-state index in [2.05, 4.69) is 11.3 Å². The van der Waals surface area contributed by atoms with Gasteiger partial charge in [-0.25, -0.2) is 18.0 Å². The number of carbonyl (C=O) groups excluding carboxylic acids is 2. The van der Waals surface area contributed by atoms with E-state index in [0.717, 1.165) is 18.2 Å². The number of rotatable bonds is 5. The van der Waals surface area contributed by atoms with Gasteiger partial charge in [0.15, 0.2) is 17.5 Å². The number of morpholine rings is 1. The van der Waals surface area contributed by atoms with Gasteiger partial charge in [0, 0.05) is 12.5 Å². The minimum Gasteiger partial charge on any atom is -0.466 e. The number of benzene rings is 1. The Morgan fingerprint density at radius 2 is 1.96 bits per heavy atom. The molecule has 1 heterocycles. The molecule has 0 aliphatic carbocycles. The molecule has 2 atom stereocenters. The number of ether oxygens (including phenoxy) is 2. The smallest absolute Gasteiger partial charge is 0.330 e. The molecule has 1 saturated heterocycles. The van der Waals surface area contributed by atoms with Crippen LogP contribution in [0.3, 0.4) is 0 Å². The SMILES string of the molecule is C=CCC(=O)N1[C@@H](/C=C/C(=O)OC)COC[C@H]1c1cc(F)c(F)c(F)c1. The lowest BCUT2D eigenvalue weighted by Gasteiger charge is -2.41. The summed E-state index contributed by atoms with van der Waals surface area (Å²) >= 11 is 0. The number of halogens is 3. The average molecular weight is 369 g/mol. The summed E-state index contributed by atoms with van der Waals surface area (Å²) in [5, 5.41) is 0. The molecule has 5 nitrogen and oxygen atoms in total. The lowest BCUT2D eigenvalue weighted by molar-refractivity contribution is -0.143. The molecule has 2 rings (SSSR count). The maximum atomic E-state index is 13.6. The lowest BCUT2D eigenvalue weighted by atomic mass is 10.0. The second kappa shape index (κ2) is 8.66. The Morgan fingerprint density at radius 1 is 1.31 bits per heavy atom. The fraction of sp³-hybridized carbons (Fsp3) is 0.333. The molecule has 1 aromatic rings. The van der Waals surface area contributed by atoms with Gasteiger partial charge in [-0.3, -0.25) is 4.79 Å². The molecule has 0 radical (unpaired) electrons. The van der Waals surface area contributed by atoms with Gasteiger partial charge in [-0.1, -0.05) is 12.2 Å². The summed E-state index contributed by atoms with van der Waals surface area (Å²) in [6.07, 6.45) is 3.92. The molecule has 0 aromatic heterocycles. The highest BCUT2D eigenvalue weighted by Crippen LogP contribution is 2.30. The Balaban J connectivity index is 2.42. The van der Waals surface area contributed by atoms with Crippen LogP contribution in [-0.4, -0.2) is 43.1 Å².